The normalized spacial score (nSPS) is 26.2. The van der Waals surface area contributed by atoms with Crippen molar-refractivity contribution in [1.82, 2.24) is 0 Å². The largest absolute Gasteiger partial charge is 0.348 e. The van der Waals surface area contributed by atoms with E-state index in [2.05, 4.69) is 6.07 Å². The molecule has 0 atom stereocenters. The van der Waals surface area contributed by atoms with Crippen molar-refractivity contribution in [3.63, 3.8) is 0 Å². The summed E-state index contributed by atoms with van der Waals surface area (Å²) in [5, 5.41) is 9.87. The number of rotatable bonds is 4. The van der Waals surface area contributed by atoms with Crippen LogP contribution in [0.3, 0.4) is 0 Å². The van der Waals surface area contributed by atoms with Gasteiger partial charge in [-0.2, -0.15) is 5.26 Å². The predicted octanol–water partition coefficient (Wildman–Crippen LogP) is 3.21. The fourth-order valence-corrected chi connectivity index (χ4v) is 6.49. The molecule has 134 valence electrons. The summed E-state index contributed by atoms with van der Waals surface area (Å²) < 4.78 is 37.0. The van der Waals surface area contributed by atoms with Crippen LogP contribution in [0.15, 0.2) is 35.2 Å². The number of nitrogens with zero attached hydrogens (tertiary/aromatic N) is 1. The van der Waals surface area contributed by atoms with E-state index >= 15 is 0 Å². The monoisotopic (exact) mass is 361 g/mol. The van der Waals surface area contributed by atoms with Gasteiger partial charge in [0.05, 0.1) is 34.3 Å². The van der Waals surface area contributed by atoms with E-state index in [1.807, 2.05) is 6.07 Å². The average molecular weight is 361 g/mol. The standard InChI is InChI=1S/C19H23NO4S/c20-15-17(6-10-19(11-7-17)23-12-13-24-19)14-18(8-9-18)25(21,22)16-4-2-1-3-5-16/h1-5H,6-14H2. The molecule has 2 aliphatic carbocycles. The Morgan fingerprint density at radius 3 is 2.08 bits per heavy atom. The summed E-state index contributed by atoms with van der Waals surface area (Å²) >= 11 is 0. The van der Waals surface area contributed by atoms with E-state index in [4.69, 9.17) is 9.47 Å². The fourth-order valence-electron chi connectivity index (χ4n) is 4.37. The van der Waals surface area contributed by atoms with Crippen LogP contribution in [-0.4, -0.2) is 32.2 Å². The molecule has 1 aliphatic heterocycles. The molecule has 6 heteroatoms. The summed E-state index contributed by atoms with van der Waals surface area (Å²) in [7, 11) is -3.42. The molecule has 1 heterocycles. The first-order valence-corrected chi connectivity index (χ1v) is 10.4. The van der Waals surface area contributed by atoms with Gasteiger partial charge >= 0.3 is 0 Å². The minimum Gasteiger partial charge on any atom is -0.348 e. The number of hydrogen-bond donors (Lipinski definition) is 0. The molecule has 0 amide bonds. The lowest BCUT2D eigenvalue weighted by Crippen LogP contribution is -2.42. The molecule has 0 aromatic heterocycles. The Bertz CT molecular complexity index is 776. The average Bonchev–Trinajstić information content (AvgIpc) is 3.29. The first kappa shape index (κ1) is 17.0. The first-order chi connectivity index (χ1) is 12.0. The van der Waals surface area contributed by atoms with Crippen LogP contribution < -0.4 is 0 Å². The quantitative estimate of drug-likeness (QED) is 0.823. The minimum absolute atomic E-state index is 0.371. The molecule has 25 heavy (non-hydrogen) atoms. The molecule has 1 spiro atoms. The van der Waals surface area contributed by atoms with Crippen molar-refractivity contribution in [3.05, 3.63) is 30.3 Å². The van der Waals surface area contributed by atoms with Crippen LogP contribution in [-0.2, 0) is 19.3 Å². The topological polar surface area (TPSA) is 76.4 Å². The third-order valence-corrected chi connectivity index (χ3v) is 8.70. The third kappa shape index (κ3) is 2.79. The maximum Gasteiger partial charge on any atom is 0.184 e. The summed E-state index contributed by atoms with van der Waals surface area (Å²) in [4.78, 5) is 0.371. The van der Waals surface area contributed by atoms with Crippen molar-refractivity contribution in [3.8, 4) is 6.07 Å². The van der Waals surface area contributed by atoms with E-state index in [0.29, 0.717) is 63.1 Å². The molecular formula is C19H23NO4S. The molecule has 0 radical (unpaired) electrons. The maximum atomic E-state index is 13.1. The summed E-state index contributed by atoms with van der Waals surface area (Å²) in [5.41, 5.74) is -0.598. The Balaban J connectivity index is 1.55. The Hall–Kier alpha value is -1.42. The summed E-state index contributed by atoms with van der Waals surface area (Å²) in [6, 6.07) is 11.1. The van der Waals surface area contributed by atoms with Crippen LogP contribution in [0.25, 0.3) is 0 Å². The first-order valence-electron chi connectivity index (χ1n) is 8.94. The lowest BCUT2D eigenvalue weighted by atomic mass is 9.70. The molecule has 0 N–H and O–H groups in total. The molecule has 5 nitrogen and oxygen atoms in total. The van der Waals surface area contributed by atoms with Crippen molar-refractivity contribution in [1.29, 1.82) is 5.26 Å². The van der Waals surface area contributed by atoms with Crippen LogP contribution in [0.4, 0.5) is 0 Å². The molecule has 1 aromatic carbocycles. The molecule has 1 saturated heterocycles. The molecule has 3 aliphatic rings. The van der Waals surface area contributed by atoms with Crippen molar-refractivity contribution in [2.75, 3.05) is 13.2 Å². The van der Waals surface area contributed by atoms with Gasteiger partial charge in [0.2, 0.25) is 0 Å². The van der Waals surface area contributed by atoms with Gasteiger partial charge in [-0.15, -0.1) is 0 Å². The van der Waals surface area contributed by atoms with Gasteiger partial charge in [-0.05, 0) is 44.2 Å². The number of nitriles is 1. The second kappa shape index (κ2) is 5.80. The van der Waals surface area contributed by atoms with E-state index in [0.717, 1.165) is 0 Å². The highest BCUT2D eigenvalue weighted by molar-refractivity contribution is 7.93. The van der Waals surface area contributed by atoms with Gasteiger partial charge in [0, 0.05) is 12.8 Å². The summed E-state index contributed by atoms with van der Waals surface area (Å²) in [6.45, 7) is 1.21. The van der Waals surface area contributed by atoms with Crippen LogP contribution in [0.2, 0.25) is 0 Å². The second-order valence-corrected chi connectivity index (χ2v) is 10.0. The van der Waals surface area contributed by atoms with E-state index in [1.165, 1.54) is 0 Å². The zero-order chi connectivity index (χ0) is 17.6. The Morgan fingerprint density at radius 2 is 1.56 bits per heavy atom. The van der Waals surface area contributed by atoms with Crippen LogP contribution in [0, 0.1) is 16.7 Å². The predicted molar refractivity (Wildman–Crippen MR) is 91.4 cm³/mol. The zero-order valence-electron chi connectivity index (χ0n) is 14.2. The highest BCUT2D eigenvalue weighted by Crippen LogP contribution is 2.57. The lowest BCUT2D eigenvalue weighted by molar-refractivity contribution is -0.187. The van der Waals surface area contributed by atoms with Gasteiger partial charge in [0.15, 0.2) is 15.6 Å². The molecule has 3 fully saturated rings. The highest BCUT2D eigenvalue weighted by atomic mass is 32.2. The smallest absolute Gasteiger partial charge is 0.184 e. The third-order valence-electron chi connectivity index (χ3n) is 6.11. The molecule has 4 rings (SSSR count). The Morgan fingerprint density at radius 1 is 0.960 bits per heavy atom. The highest BCUT2D eigenvalue weighted by Gasteiger charge is 2.60. The van der Waals surface area contributed by atoms with Gasteiger partial charge in [0.25, 0.3) is 0 Å². The Labute approximate surface area is 148 Å². The number of benzene rings is 1. The van der Waals surface area contributed by atoms with Crippen LogP contribution >= 0.6 is 0 Å². The number of hydrogen-bond acceptors (Lipinski definition) is 5. The number of sulfone groups is 1. The van der Waals surface area contributed by atoms with E-state index in [9.17, 15) is 13.7 Å². The van der Waals surface area contributed by atoms with Gasteiger partial charge < -0.3 is 9.47 Å². The van der Waals surface area contributed by atoms with Gasteiger partial charge in [-0.3, -0.25) is 0 Å². The molecule has 1 aromatic rings. The Kier molecular flexibility index (Phi) is 3.95. The van der Waals surface area contributed by atoms with Crippen LogP contribution in [0.1, 0.15) is 44.9 Å². The van der Waals surface area contributed by atoms with E-state index in [1.54, 1.807) is 24.3 Å². The van der Waals surface area contributed by atoms with E-state index < -0.39 is 25.8 Å². The van der Waals surface area contributed by atoms with Crippen molar-refractivity contribution < 1.29 is 17.9 Å². The lowest BCUT2D eigenvalue weighted by Gasteiger charge is -2.41. The van der Waals surface area contributed by atoms with Crippen molar-refractivity contribution in [2.24, 2.45) is 5.41 Å². The summed E-state index contributed by atoms with van der Waals surface area (Å²) in [6.07, 6.45) is 4.32. The molecule has 2 saturated carbocycles. The number of ether oxygens (including phenoxy) is 2. The molecular weight excluding hydrogens is 338 g/mol. The van der Waals surface area contributed by atoms with Crippen molar-refractivity contribution in [2.45, 2.75) is 60.4 Å². The fraction of sp³-hybridized carbons (Fsp3) is 0.632. The molecule has 0 unspecified atom stereocenters. The van der Waals surface area contributed by atoms with E-state index in [-0.39, 0.29) is 0 Å². The minimum atomic E-state index is -3.42. The van der Waals surface area contributed by atoms with Gasteiger partial charge in [-0.1, -0.05) is 18.2 Å². The van der Waals surface area contributed by atoms with Crippen LogP contribution in [0.5, 0.6) is 0 Å². The van der Waals surface area contributed by atoms with Gasteiger partial charge in [-0.25, -0.2) is 8.42 Å². The summed E-state index contributed by atoms with van der Waals surface area (Å²) in [5.74, 6) is -0.532. The maximum absolute atomic E-state index is 13.1. The van der Waals surface area contributed by atoms with Crippen molar-refractivity contribution >= 4 is 9.84 Å². The second-order valence-electron chi connectivity index (χ2n) is 7.68. The molecule has 0 bridgehead atoms. The van der Waals surface area contributed by atoms with Gasteiger partial charge in [0.1, 0.15) is 0 Å². The SMILES string of the molecule is N#CC1(CC2(S(=O)(=O)c3ccccc3)CC2)CCC2(CC1)OCCO2. The zero-order valence-corrected chi connectivity index (χ0v) is 15.1.